The maximum atomic E-state index is 11.6. The van der Waals surface area contributed by atoms with Crippen molar-refractivity contribution in [3.63, 3.8) is 0 Å². The van der Waals surface area contributed by atoms with Gasteiger partial charge in [-0.3, -0.25) is 4.79 Å². The van der Waals surface area contributed by atoms with Gasteiger partial charge in [0.25, 0.3) is 5.91 Å². The molecule has 1 atom stereocenters. The van der Waals surface area contributed by atoms with E-state index in [4.69, 9.17) is 5.11 Å². The highest BCUT2D eigenvalue weighted by Crippen LogP contribution is 2.10. The lowest BCUT2D eigenvalue weighted by atomic mass is 10.0. The fourth-order valence-electron chi connectivity index (χ4n) is 1.41. The molecule has 1 amide bonds. The van der Waals surface area contributed by atoms with Crippen molar-refractivity contribution in [1.29, 1.82) is 0 Å². The smallest absolute Gasteiger partial charge is 0.261 e. The SMILES string of the molecule is CC(C)C[C@@H](CO)NC(=O)c1cccs1. The summed E-state index contributed by atoms with van der Waals surface area (Å²) in [6, 6.07) is 3.49. The van der Waals surface area contributed by atoms with E-state index in [9.17, 15) is 4.79 Å². The second-order valence-corrected chi connectivity index (χ2v) is 4.91. The van der Waals surface area contributed by atoms with Crippen LogP contribution in [0.3, 0.4) is 0 Å². The monoisotopic (exact) mass is 227 g/mol. The summed E-state index contributed by atoms with van der Waals surface area (Å²) in [4.78, 5) is 12.3. The molecule has 0 spiro atoms. The number of carbonyl (C=O) groups is 1. The molecular formula is C11H17NO2S. The zero-order chi connectivity index (χ0) is 11.3. The Kier molecular flexibility index (Phi) is 4.78. The van der Waals surface area contributed by atoms with Crippen LogP contribution in [0.2, 0.25) is 0 Å². The molecule has 15 heavy (non-hydrogen) atoms. The van der Waals surface area contributed by atoms with Crippen molar-refractivity contribution < 1.29 is 9.90 Å². The second-order valence-electron chi connectivity index (χ2n) is 3.96. The molecule has 0 aliphatic carbocycles. The van der Waals surface area contributed by atoms with Crippen LogP contribution >= 0.6 is 11.3 Å². The second kappa shape index (κ2) is 5.88. The zero-order valence-corrected chi connectivity index (χ0v) is 9.88. The first-order valence-corrected chi connectivity index (χ1v) is 5.96. The van der Waals surface area contributed by atoms with Crippen LogP contribution < -0.4 is 5.32 Å². The molecule has 0 saturated heterocycles. The van der Waals surface area contributed by atoms with Gasteiger partial charge < -0.3 is 10.4 Å². The van der Waals surface area contributed by atoms with E-state index in [2.05, 4.69) is 19.2 Å². The van der Waals surface area contributed by atoms with E-state index < -0.39 is 0 Å². The minimum Gasteiger partial charge on any atom is -0.394 e. The summed E-state index contributed by atoms with van der Waals surface area (Å²) in [5.74, 6) is 0.371. The highest BCUT2D eigenvalue weighted by Gasteiger charge is 2.14. The van der Waals surface area contributed by atoms with E-state index in [1.807, 2.05) is 11.4 Å². The average Bonchev–Trinajstić information content (AvgIpc) is 2.68. The average molecular weight is 227 g/mol. The zero-order valence-electron chi connectivity index (χ0n) is 9.06. The van der Waals surface area contributed by atoms with E-state index >= 15 is 0 Å². The molecule has 4 heteroatoms. The Balaban J connectivity index is 2.48. The number of rotatable bonds is 5. The Hall–Kier alpha value is -0.870. The van der Waals surface area contributed by atoms with Gasteiger partial charge in [-0.25, -0.2) is 0 Å². The van der Waals surface area contributed by atoms with Gasteiger partial charge >= 0.3 is 0 Å². The highest BCUT2D eigenvalue weighted by molar-refractivity contribution is 7.12. The molecule has 0 aliphatic heterocycles. The highest BCUT2D eigenvalue weighted by atomic mass is 32.1. The van der Waals surface area contributed by atoms with Gasteiger partial charge in [0.1, 0.15) is 0 Å². The van der Waals surface area contributed by atoms with Crippen LogP contribution in [-0.4, -0.2) is 23.7 Å². The number of carbonyl (C=O) groups excluding carboxylic acids is 1. The molecule has 2 N–H and O–H groups in total. The van der Waals surface area contributed by atoms with Crippen LogP contribution in [0, 0.1) is 5.92 Å². The molecule has 0 aliphatic rings. The summed E-state index contributed by atoms with van der Waals surface area (Å²) in [7, 11) is 0. The van der Waals surface area contributed by atoms with Gasteiger partial charge in [0.05, 0.1) is 17.5 Å². The number of hydrogen-bond acceptors (Lipinski definition) is 3. The lowest BCUT2D eigenvalue weighted by Gasteiger charge is -2.17. The Morgan fingerprint density at radius 2 is 2.33 bits per heavy atom. The summed E-state index contributed by atoms with van der Waals surface area (Å²) in [5, 5.41) is 13.8. The van der Waals surface area contributed by atoms with Crippen LogP contribution in [0.5, 0.6) is 0 Å². The lowest BCUT2D eigenvalue weighted by Crippen LogP contribution is -2.38. The van der Waals surface area contributed by atoms with Gasteiger partial charge in [0, 0.05) is 0 Å². The summed E-state index contributed by atoms with van der Waals surface area (Å²) in [6.45, 7) is 4.13. The van der Waals surface area contributed by atoms with Crippen LogP contribution in [0.15, 0.2) is 17.5 Å². The van der Waals surface area contributed by atoms with Gasteiger partial charge in [-0.2, -0.15) is 0 Å². The molecule has 0 fully saturated rings. The van der Waals surface area contributed by atoms with E-state index in [1.54, 1.807) is 6.07 Å². The standard InChI is InChI=1S/C11H17NO2S/c1-8(2)6-9(7-13)12-11(14)10-4-3-5-15-10/h3-5,8-9,13H,6-7H2,1-2H3,(H,12,14)/t9-/m0/s1. The third kappa shape index (κ3) is 4.01. The van der Waals surface area contributed by atoms with E-state index in [-0.39, 0.29) is 18.6 Å². The molecule has 3 nitrogen and oxygen atoms in total. The Bertz CT molecular complexity index is 296. The number of nitrogens with one attached hydrogen (secondary N) is 1. The minimum atomic E-state index is -0.139. The van der Waals surface area contributed by atoms with E-state index in [0.29, 0.717) is 10.8 Å². The predicted octanol–water partition coefficient (Wildman–Crippen LogP) is 1.88. The summed E-state index contributed by atoms with van der Waals surface area (Å²) in [6.07, 6.45) is 0.799. The molecule has 0 saturated carbocycles. The maximum Gasteiger partial charge on any atom is 0.261 e. The van der Waals surface area contributed by atoms with Crippen molar-refractivity contribution in [3.05, 3.63) is 22.4 Å². The Labute approximate surface area is 94.1 Å². The third-order valence-corrected chi connectivity index (χ3v) is 2.93. The first-order valence-electron chi connectivity index (χ1n) is 5.08. The Morgan fingerprint density at radius 1 is 1.60 bits per heavy atom. The van der Waals surface area contributed by atoms with Crippen LogP contribution in [0.1, 0.15) is 29.9 Å². The topological polar surface area (TPSA) is 49.3 Å². The van der Waals surface area contributed by atoms with Crippen molar-refractivity contribution in [1.82, 2.24) is 5.32 Å². The van der Waals surface area contributed by atoms with Gasteiger partial charge in [-0.1, -0.05) is 19.9 Å². The fraction of sp³-hybridized carbons (Fsp3) is 0.545. The molecule has 84 valence electrons. The van der Waals surface area contributed by atoms with Crippen molar-refractivity contribution in [3.8, 4) is 0 Å². The van der Waals surface area contributed by atoms with E-state index in [1.165, 1.54) is 11.3 Å². The molecular weight excluding hydrogens is 210 g/mol. The lowest BCUT2D eigenvalue weighted by molar-refractivity contribution is 0.0912. The van der Waals surface area contributed by atoms with Crippen molar-refractivity contribution in [2.24, 2.45) is 5.92 Å². The molecule has 0 bridgehead atoms. The molecule has 0 radical (unpaired) electrons. The first kappa shape index (κ1) is 12.2. The van der Waals surface area contributed by atoms with Gasteiger partial charge in [-0.15, -0.1) is 11.3 Å². The normalized spacial score (nSPS) is 12.8. The maximum absolute atomic E-state index is 11.6. The largest absolute Gasteiger partial charge is 0.394 e. The number of aliphatic hydroxyl groups excluding tert-OH is 1. The van der Waals surface area contributed by atoms with Gasteiger partial charge in [0.15, 0.2) is 0 Å². The molecule has 1 rings (SSSR count). The van der Waals surface area contributed by atoms with Crippen molar-refractivity contribution in [2.45, 2.75) is 26.3 Å². The molecule has 1 aromatic rings. The number of amides is 1. The summed E-state index contributed by atoms with van der Waals surface area (Å²) >= 11 is 1.41. The predicted molar refractivity (Wildman–Crippen MR) is 62.1 cm³/mol. The number of hydrogen-bond donors (Lipinski definition) is 2. The molecule has 0 aromatic carbocycles. The van der Waals surface area contributed by atoms with Crippen molar-refractivity contribution >= 4 is 17.2 Å². The molecule has 0 unspecified atom stereocenters. The van der Waals surface area contributed by atoms with E-state index in [0.717, 1.165) is 6.42 Å². The fourth-order valence-corrected chi connectivity index (χ4v) is 2.04. The van der Waals surface area contributed by atoms with Gasteiger partial charge in [0.2, 0.25) is 0 Å². The van der Waals surface area contributed by atoms with Crippen LogP contribution in [-0.2, 0) is 0 Å². The summed E-state index contributed by atoms with van der Waals surface area (Å²) in [5.41, 5.74) is 0. The van der Waals surface area contributed by atoms with Crippen molar-refractivity contribution in [2.75, 3.05) is 6.61 Å². The summed E-state index contributed by atoms with van der Waals surface area (Å²) < 4.78 is 0. The molecule has 1 aromatic heterocycles. The van der Waals surface area contributed by atoms with Gasteiger partial charge in [-0.05, 0) is 23.8 Å². The quantitative estimate of drug-likeness (QED) is 0.807. The number of thiophene rings is 1. The molecule has 1 heterocycles. The van der Waals surface area contributed by atoms with Crippen LogP contribution in [0.4, 0.5) is 0 Å². The Morgan fingerprint density at radius 3 is 2.80 bits per heavy atom. The minimum absolute atomic E-state index is 0.00467. The third-order valence-electron chi connectivity index (χ3n) is 2.06. The first-order chi connectivity index (χ1) is 7.13. The number of aliphatic hydroxyl groups is 1. The van der Waals surface area contributed by atoms with Crippen LogP contribution in [0.25, 0.3) is 0 Å².